The molecule has 0 rings (SSSR count). The Balaban J connectivity index is 4.32. The van der Waals surface area contributed by atoms with Gasteiger partial charge in [0.1, 0.15) is 11.1 Å². The van der Waals surface area contributed by atoms with E-state index >= 15 is 0 Å². The average Bonchev–Trinajstić information content (AvgIpc) is 1.85. The van der Waals surface area contributed by atoms with Crippen molar-refractivity contribution in [3.63, 3.8) is 0 Å². The van der Waals surface area contributed by atoms with Gasteiger partial charge in [0, 0.05) is 0 Å². The first kappa shape index (κ1) is 10.5. The van der Waals surface area contributed by atoms with Gasteiger partial charge in [0.2, 0.25) is 0 Å². The van der Waals surface area contributed by atoms with Gasteiger partial charge in [0.05, 0.1) is 0 Å². The molecule has 1 unspecified atom stereocenters. The molecule has 62 valence electrons. The Morgan fingerprint density at radius 2 is 2.00 bits per heavy atom. The predicted octanol–water partition coefficient (Wildman–Crippen LogP) is 3.31. The molecule has 0 aliphatic heterocycles. The summed E-state index contributed by atoms with van der Waals surface area (Å²) in [5.41, 5.74) is 0.178. The normalized spacial score (nSPS) is 15.8. The zero-order valence-corrected chi connectivity index (χ0v) is 8.24. The number of nitrogens with zero attached hydrogens (tertiary/aromatic N) is 1. The van der Waals surface area contributed by atoms with Gasteiger partial charge in [-0.15, -0.1) is 0 Å². The van der Waals surface area contributed by atoms with E-state index in [0.717, 1.165) is 0 Å². The molecule has 0 amide bonds. The van der Waals surface area contributed by atoms with Crippen molar-refractivity contribution in [1.82, 2.24) is 0 Å². The van der Waals surface area contributed by atoms with E-state index in [0.29, 0.717) is 5.92 Å². The lowest BCUT2D eigenvalue weighted by Gasteiger charge is -2.23. The van der Waals surface area contributed by atoms with Crippen molar-refractivity contribution >= 4 is 11.6 Å². The Morgan fingerprint density at radius 1 is 1.55 bits per heavy atom. The molecule has 0 saturated carbocycles. The van der Waals surface area contributed by atoms with Crippen LogP contribution >= 0.6 is 11.6 Å². The van der Waals surface area contributed by atoms with Gasteiger partial charge in [-0.3, -0.25) is 0 Å². The van der Waals surface area contributed by atoms with Crippen LogP contribution in [0.5, 0.6) is 0 Å². The van der Waals surface area contributed by atoms with Crippen molar-refractivity contribution in [2.75, 3.05) is 0 Å². The SMILES string of the molecule is CC(/C=C(/Cl)C#N)C(C)(C)C. The highest BCUT2D eigenvalue weighted by Crippen LogP contribution is 2.27. The van der Waals surface area contributed by atoms with Gasteiger partial charge in [0.15, 0.2) is 0 Å². The molecule has 0 fully saturated rings. The molecular formula is C9H14ClN. The van der Waals surface area contributed by atoms with Crippen LogP contribution in [0.2, 0.25) is 0 Å². The Morgan fingerprint density at radius 3 is 2.27 bits per heavy atom. The summed E-state index contributed by atoms with van der Waals surface area (Å²) in [4.78, 5) is 0. The summed E-state index contributed by atoms with van der Waals surface area (Å²) >= 11 is 5.57. The summed E-state index contributed by atoms with van der Waals surface area (Å²) < 4.78 is 0. The summed E-state index contributed by atoms with van der Waals surface area (Å²) in [6.45, 7) is 8.42. The molecule has 0 aromatic carbocycles. The van der Waals surface area contributed by atoms with Crippen LogP contribution in [0.1, 0.15) is 27.7 Å². The van der Waals surface area contributed by atoms with Gasteiger partial charge in [-0.2, -0.15) is 5.26 Å². The second kappa shape index (κ2) is 3.78. The minimum Gasteiger partial charge on any atom is -0.191 e. The summed E-state index contributed by atoms with van der Waals surface area (Å²) in [6.07, 6.45) is 1.79. The highest BCUT2D eigenvalue weighted by Gasteiger charge is 2.17. The van der Waals surface area contributed by atoms with Crippen LogP contribution in [0, 0.1) is 22.7 Å². The second-order valence-corrected chi connectivity index (χ2v) is 4.19. The van der Waals surface area contributed by atoms with E-state index in [1.807, 2.05) is 6.07 Å². The Kier molecular flexibility index (Phi) is 3.62. The highest BCUT2D eigenvalue weighted by atomic mass is 35.5. The predicted molar refractivity (Wildman–Crippen MR) is 48.2 cm³/mol. The van der Waals surface area contributed by atoms with Gasteiger partial charge in [-0.25, -0.2) is 0 Å². The Bertz CT molecular complexity index is 193. The summed E-state index contributed by atoms with van der Waals surface area (Å²) in [7, 11) is 0. The molecule has 0 N–H and O–H groups in total. The number of nitriles is 1. The van der Waals surface area contributed by atoms with Gasteiger partial charge >= 0.3 is 0 Å². The zero-order chi connectivity index (χ0) is 9.07. The first-order valence-electron chi connectivity index (χ1n) is 3.65. The molecule has 0 aliphatic carbocycles. The lowest BCUT2D eigenvalue weighted by Crippen LogP contribution is -2.14. The zero-order valence-electron chi connectivity index (χ0n) is 7.48. The van der Waals surface area contributed by atoms with Gasteiger partial charge in [0.25, 0.3) is 0 Å². The standard InChI is InChI=1S/C9H14ClN/c1-7(9(2,3)4)5-8(10)6-11/h5,7H,1-4H3/b8-5+. The van der Waals surface area contributed by atoms with Crippen LogP contribution < -0.4 is 0 Å². The van der Waals surface area contributed by atoms with E-state index in [4.69, 9.17) is 16.9 Å². The van der Waals surface area contributed by atoms with Crippen molar-refractivity contribution in [3.8, 4) is 6.07 Å². The van der Waals surface area contributed by atoms with Gasteiger partial charge in [-0.05, 0) is 11.3 Å². The lowest BCUT2D eigenvalue weighted by molar-refractivity contribution is 0.314. The third kappa shape index (κ3) is 4.06. The van der Waals surface area contributed by atoms with E-state index in [1.165, 1.54) is 0 Å². The molecule has 0 heterocycles. The largest absolute Gasteiger partial charge is 0.191 e. The van der Waals surface area contributed by atoms with Crippen molar-refractivity contribution < 1.29 is 0 Å². The molecule has 1 nitrogen and oxygen atoms in total. The molecule has 0 aromatic rings. The number of rotatable bonds is 1. The third-order valence-electron chi connectivity index (χ3n) is 1.87. The highest BCUT2D eigenvalue weighted by molar-refractivity contribution is 6.31. The van der Waals surface area contributed by atoms with Gasteiger partial charge < -0.3 is 0 Å². The number of allylic oxidation sites excluding steroid dienone is 2. The average molecular weight is 172 g/mol. The van der Waals surface area contributed by atoms with Crippen LogP contribution in [0.25, 0.3) is 0 Å². The molecule has 0 saturated heterocycles. The molecule has 0 aromatic heterocycles. The fourth-order valence-corrected chi connectivity index (χ4v) is 0.696. The van der Waals surface area contributed by atoms with E-state index in [1.54, 1.807) is 6.08 Å². The van der Waals surface area contributed by atoms with Gasteiger partial charge in [-0.1, -0.05) is 45.4 Å². The van der Waals surface area contributed by atoms with Crippen molar-refractivity contribution in [2.24, 2.45) is 11.3 Å². The maximum Gasteiger partial charge on any atom is 0.114 e. The first-order valence-corrected chi connectivity index (χ1v) is 4.03. The molecule has 0 radical (unpaired) electrons. The minimum atomic E-state index is 0.178. The van der Waals surface area contributed by atoms with Crippen molar-refractivity contribution in [2.45, 2.75) is 27.7 Å². The third-order valence-corrected chi connectivity index (χ3v) is 2.08. The number of halogens is 1. The Labute approximate surface area is 73.7 Å². The molecular weight excluding hydrogens is 158 g/mol. The van der Waals surface area contributed by atoms with E-state index in [9.17, 15) is 0 Å². The van der Waals surface area contributed by atoms with E-state index in [2.05, 4.69) is 27.7 Å². The van der Waals surface area contributed by atoms with Crippen LogP contribution in [0.4, 0.5) is 0 Å². The first-order chi connectivity index (χ1) is 4.88. The van der Waals surface area contributed by atoms with Crippen molar-refractivity contribution in [1.29, 1.82) is 5.26 Å². The maximum absolute atomic E-state index is 8.40. The lowest BCUT2D eigenvalue weighted by atomic mass is 9.82. The van der Waals surface area contributed by atoms with E-state index < -0.39 is 0 Å². The fourth-order valence-electron chi connectivity index (χ4n) is 0.507. The van der Waals surface area contributed by atoms with E-state index in [-0.39, 0.29) is 10.4 Å². The van der Waals surface area contributed by atoms with Crippen LogP contribution in [-0.2, 0) is 0 Å². The molecule has 0 spiro atoms. The van der Waals surface area contributed by atoms with Crippen LogP contribution in [0.15, 0.2) is 11.1 Å². The topological polar surface area (TPSA) is 23.8 Å². The molecule has 11 heavy (non-hydrogen) atoms. The summed E-state index contributed by atoms with van der Waals surface area (Å²) in [5.74, 6) is 0.328. The Hall–Kier alpha value is -0.480. The number of hydrogen-bond donors (Lipinski definition) is 0. The molecule has 1 atom stereocenters. The molecule has 0 bridgehead atoms. The molecule has 0 aliphatic rings. The quantitative estimate of drug-likeness (QED) is 0.556. The summed E-state index contributed by atoms with van der Waals surface area (Å²) in [6, 6.07) is 1.89. The summed E-state index contributed by atoms with van der Waals surface area (Å²) in [5, 5.41) is 8.68. The smallest absolute Gasteiger partial charge is 0.114 e. The fraction of sp³-hybridized carbons (Fsp3) is 0.667. The van der Waals surface area contributed by atoms with Crippen LogP contribution in [0.3, 0.4) is 0 Å². The second-order valence-electron chi connectivity index (χ2n) is 3.78. The maximum atomic E-state index is 8.40. The minimum absolute atomic E-state index is 0.178. The van der Waals surface area contributed by atoms with Crippen LogP contribution in [-0.4, -0.2) is 0 Å². The monoisotopic (exact) mass is 171 g/mol. The van der Waals surface area contributed by atoms with Crippen molar-refractivity contribution in [3.05, 3.63) is 11.1 Å². The molecule has 2 heteroatoms. The number of hydrogen-bond acceptors (Lipinski definition) is 1.